The molecule has 11 heteroatoms. The molecule has 0 radical (unpaired) electrons. The van der Waals surface area contributed by atoms with Gasteiger partial charge in [-0.15, -0.1) is 0 Å². The predicted octanol–water partition coefficient (Wildman–Crippen LogP) is 5.93. The van der Waals surface area contributed by atoms with Crippen LogP contribution in [0.25, 0.3) is 22.6 Å². The Labute approximate surface area is 234 Å². The number of rotatable bonds is 7. The van der Waals surface area contributed by atoms with Crippen LogP contribution in [-0.2, 0) is 11.3 Å². The molecule has 1 fully saturated rings. The fourth-order valence-electron chi connectivity index (χ4n) is 4.42. The minimum absolute atomic E-state index is 0.188. The van der Waals surface area contributed by atoms with Crippen molar-refractivity contribution in [2.75, 3.05) is 43.8 Å². The van der Waals surface area contributed by atoms with E-state index in [1.165, 1.54) is 36.4 Å². The molecule has 2 heterocycles. The highest BCUT2D eigenvalue weighted by Crippen LogP contribution is 2.34. The molecule has 1 aliphatic heterocycles. The van der Waals surface area contributed by atoms with Gasteiger partial charge in [0.2, 0.25) is 11.8 Å². The number of piperazine rings is 1. The van der Waals surface area contributed by atoms with Gasteiger partial charge in [0.15, 0.2) is 5.76 Å². The second-order valence-corrected chi connectivity index (χ2v) is 10.1. The molecule has 0 unspecified atom stereocenters. The van der Waals surface area contributed by atoms with E-state index in [4.69, 9.17) is 38.3 Å². The number of nitrogen functional groups attached to an aromatic ring is 1. The summed E-state index contributed by atoms with van der Waals surface area (Å²) < 4.78 is 33.2. The first-order valence-corrected chi connectivity index (χ1v) is 13.0. The van der Waals surface area contributed by atoms with Crippen LogP contribution in [0, 0.1) is 11.6 Å². The van der Waals surface area contributed by atoms with E-state index in [0.29, 0.717) is 72.6 Å². The first-order chi connectivity index (χ1) is 18.7. The van der Waals surface area contributed by atoms with E-state index in [2.05, 4.69) is 10.2 Å². The molecular weight excluding hydrogens is 547 g/mol. The summed E-state index contributed by atoms with van der Waals surface area (Å²) in [6, 6.07) is 15.0. The number of halogens is 4. The molecule has 39 heavy (non-hydrogen) atoms. The number of nitrogens with zero attached hydrogens (tertiary/aromatic N) is 3. The van der Waals surface area contributed by atoms with Crippen LogP contribution in [0.2, 0.25) is 10.0 Å². The lowest BCUT2D eigenvalue weighted by molar-refractivity contribution is -0.117. The summed E-state index contributed by atoms with van der Waals surface area (Å²) >= 11 is 12.4. The van der Waals surface area contributed by atoms with Crippen LogP contribution in [0.4, 0.5) is 20.2 Å². The molecule has 0 saturated carbocycles. The highest BCUT2D eigenvalue weighted by molar-refractivity contribution is 6.40. The number of aromatic nitrogens is 1. The molecule has 5 rings (SSSR count). The van der Waals surface area contributed by atoms with Crippen molar-refractivity contribution in [3.05, 3.63) is 88.2 Å². The van der Waals surface area contributed by atoms with Gasteiger partial charge in [0.25, 0.3) is 0 Å². The lowest BCUT2D eigenvalue weighted by atomic mass is 10.1. The van der Waals surface area contributed by atoms with E-state index >= 15 is 0 Å². The highest BCUT2D eigenvalue weighted by atomic mass is 35.5. The van der Waals surface area contributed by atoms with Gasteiger partial charge in [0.05, 0.1) is 28.8 Å². The summed E-state index contributed by atoms with van der Waals surface area (Å²) in [5.74, 6) is 0.0574. The normalized spacial score (nSPS) is 14.5. The Morgan fingerprint density at radius 2 is 1.44 bits per heavy atom. The number of nitrogens with one attached hydrogen (secondary N) is 1. The number of nitrogens with two attached hydrogens (primary N) is 1. The molecular formula is C28H25Cl2F2N5O2. The molecule has 7 nitrogen and oxygen atoms in total. The summed E-state index contributed by atoms with van der Waals surface area (Å²) in [7, 11) is 0. The largest absolute Gasteiger partial charge is 0.439 e. The molecule has 1 aliphatic rings. The summed E-state index contributed by atoms with van der Waals surface area (Å²) in [4.78, 5) is 21.5. The molecule has 4 aromatic rings. The second-order valence-electron chi connectivity index (χ2n) is 9.26. The SMILES string of the molecule is Nc1cc(Cl)c(NC(=O)CN2CCN(Cc3nc(-c4ccc(F)cc4)c(-c4ccc(F)cc4)o3)CC2)c(Cl)c1. The Hall–Kier alpha value is -3.50. The fraction of sp³-hybridized carbons (Fsp3) is 0.214. The Morgan fingerprint density at radius 1 is 0.897 bits per heavy atom. The number of hydrogen-bond donors (Lipinski definition) is 2. The topological polar surface area (TPSA) is 87.6 Å². The standard InChI is InChI=1S/C28H25Cl2F2N5O2/c29-22-13-21(33)14-23(30)27(22)34-24(38)15-36-9-11-37(12-10-36)16-25-35-26(17-1-5-19(31)6-2-17)28(39-25)18-3-7-20(32)8-4-18/h1-8,13-14H,9-12,15-16,33H2,(H,34,38). The molecule has 202 valence electrons. The second kappa shape index (κ2) is 11.7. The average Bonchev–Trinajstić information content (AvgIpc) is 3.32. The van der Waals surface area contributed by atoms with Gasteiger partial charge in [0.1, 0.15) is 17.3 Å². The third-order valence-corrected chi connectivity index (χ3v) is 7.01. The lowest BCUT2D eigenvalue weighted by Crippen LogP contribution is -2.48. The van der Waals surface area contributed by atoms with E-state index in [1.54, 1.807) is 24.3 Å². The maximum absolute atomic E-state index is 13.5. The van der Waals surface area contributed by atoms with Gasteiger partial charge in [-0.25, -0.2) is 13.8 Å². The first kappa shape index (κ1) is 27.1. The van der Waals surface area contributed by atoms with Crippen molar-refractivity contribution >= 4 is 40.5 Å². The zero-order chi connectivity index (χ0) is 27.5. The molecule has 0 atom stereocenters. The van der Waals surface area contributed by atoms with E-state index in [1.807, 2.05) is 4.90 Å². The molecule has 1 saturated heterocycles. The molecule has 3 N–H and O–H groups in total. The van der Waals surface area contributed by atoms with E-state index in [0.717, 1.165) is 0 Å². The molecule has 3 aromatic carbocycles. The molecule has 1 amide bonds. The number of hydrogen-bond acceptors (Lipinski definition) is 6. The average molecular weight is 572 g/mol. The molecule has 0 aliphatic carbocycles. The van der Waals surface area contributed by atoms with Crippen LogP contribution in [0.3, 0.4) is 0 Å². The smallest absolute Gasteiger partial charge is 0.238 e. The number of carbonyl (C=O) groups is 1. The quantitative estimate of drug-likeness (QED) is 0.267. The number of oxazole rings is 1. The van der Waals surface area contributed by atoms with Crippen molar-refractivity contribution in [2.24, 2.45) is 0 Å². The van der Waals surface area contributed by atoms with Crippen molar-refractivity contribution in [3.8, 4) is 22.6 Å². The number of amides is 1. The number of carbonyl (C=O) groups excluding carboxylic acids is 1. The van der Waals surface area contributed by atoms with Gasteiger partial charge in [-0.3, -0.25) is 14.6 Å². The van der Waals surface area contributed by atoms with Gasteiger partial charge in [-0.2, -0.15) is 0 Å². The zero-order valence-electron chi connectivity index (χ0n) is 20.8. The van der Waals surface area contributed by atoms with Crippen molar-refractivity contribution in [3.63, 3.8) is 0 Å². The van der Waals surface area contributed by atoms with Crippen LogP contribution < -0.4 is 11.1 Å². The summed E-state index contributed by atoms with van der Waals surface area (Å²) in [5, 5.41) is 3.33. The van der Waals surface area contributed by atoms with Crippen molar-refractivity contribution in [1.82, 2.24) is 14.8 Å². The third kappa shape index (κ3) is 6.57. The monoisotopic (exact) mass is 571 g/mol. The van der Waals surface area contributed by atoms with Crippen LogP contribution >= 0.6 is 23.2 Å². The molecule has 0 bridgehead atoms. The molecule has 0 spiro atoms. The third-order valence-electron chi connectivity index (χ3n) is 6.42. The Kier molecular flexibility index (Phi) is 8.13. The fourth-order valence-corrected chi connectivity index (χ4v) is 5.02. The van der Waals surface area contributed by atoms with Crippen LogP contribution in [0.1, 0.15) is 5.89 Å². The predicted molar refractivity (Wildman–Crippen MR) is 149 cm³/mol. The van der Waals surface area contributed by atoms with Crippen molar-refractivity contribution in [2.45, 2.75) is 6.54 Å². The van der Waals surface area contributed by atoms with Gasteiger partial charge in [-0.1, -0.05) is 23.2 Å². The van der Waals surface area contributed by atoms with Crippen molar-refractivity contribution in [1.29, 1.82) is 0 Å². The Morgan fingerprint density at radius 3 is 2.03 bits per heavy atom. The Bertz CT molecular complexity index is 1380. The van der Waals surface area contributed by atoms with E-state index < -0.39 is 0 Å². The van der Waals surface area contributed by atoms with E-state index in [-0.39, 0.29) is 34.1 Å². The maximum Gasteiger partial charge on any atom is 0.238 e. The number of benzene rings is 3. The van der Waals surface area contributed by atoms with E-state index in [9.17, 15) is 13.6 Å². The summed E-state index contributed by atoms with van der Waals surface area (Å²) in [6.45, 7) is 3.34. The summed E-state index contributed by atoms with van der Waals surface area (Å²) in [5.41, 5.74) is 8.41. The van der Waals surface area contributed by atoms with Gasteiger partial charge in [-0.05, 0) is 60.7 Å². The van der Waals surface area contributed by atoms with Gasteiger partial charge >= 0.3 is 0 Å². The minimum Gasteiger partial charge on any atom is -0.439 e. The van der Waals surface area contributed by atoms with Gasteiger partial charge < -0.3 is 15.5 Å². The first-order valence-electron chi connectivity index (χ1n) is 12.3. The Balaban J connectivity index is 1.23. The summed E-state index contributed by atoms with van der Waals surface area (Å²) in [6.07, 6.45) is 0. The number of anilines is 2. The lowest BCUT2D eigenvalue weighted by Gasteiger charge is -2.33. The molecule has 1 aromatic heterocycles. The maximum atomic E-state index is 13.5. The minimum atomic E-state index is -0.354. The van der Waals surface area contributed by atoms with Crippen molar-refractivity contribution < 1.29 is 18.0 Å². The van der Waals surface area contributed by atoms with Crippen LogP contribution in [0.15, 0.2) is 65.1 Å². The van der Waals surface area contributed by atoms with Crippen LogP contribution in [-0.4, -0.2) is 53.4 Å². The highest BCUT2D eigenvalue weighted by Gasteiger charge is 2.23. The van der Waals surface area contributed by atoms with Gasteiger partial charge in [0, 0.05) is 43.0 Å². The van der Waals surface area contributed by atoms with Crippen LogP contribution in [0.5, 0.6) is 0 Å². The zero-order valence-corrected chi connectivity index (χ0v) is 22.3.